The Bertz CT molecular complexity index is 836. The summed E-state index contributed by atoms with van der Waals surface area (Å²) in [6.45, 7) is 18.5. The first kappa shape index (κ1) is 30.0. The van der Waals surface area contributed by atoms with Gasteiger partial charge in [-0.05, 0) is 118 Å². The summed E-state index contributed by atoms with van der Waals surface area (Å²) in [5.41, 5.74) is -1.61. The molecule has 0 saturated carbocycles. The molecule has 2 N–H and O–H groups in total. The number of fused-ring (bicyclic) bond motifs is 1. The van der Waals surface area contributed by atoms with Crippen molar-refractivity contribution in [2.75, 3.05) is 0 Å². The molecular weight excluding hydrogens is 536 g/mol. The number of rotatable bonds is 6. The van der Waals surface area contributed by atoms with Crippen LogP contribution in [0.25, 0.3) is 0 Å². The van der Waals surface area contributed by atoms with Crippen molar-refractivity contribution in [3.63, 3.8) is 0 Å². The van der Waals surface area contributed by atoms with Crippen molar-refractivity contribution >= 4 is 15.9 Å². The summed E-state index contributed by atoms with van der Waals surface area (Å²) in [7, 11) is 0. The molecule has 0 aromatic heterocycles. The Labute approximate surface area is 233 Å². The Balaban J connectivity index is 1.33. The van der Waals surface area contributed by atoms with Gasteiger partial charge in [0.25, 0.3) is 0 Å². The summed E-state index contributed by atoms with van der Waals surface area (Å²) in [5.74, 6) is 0. The lowest BCUT2D eigenvalue weighted by Crippen LogP contribution is -2.62. The number of aliphatic hydroxyl groups is 2. The van der Waals surface area contributed by atoms with Crippen molar-refractivity contribution in [3.8, 4) is 0 Å². The van der Waals surface area contributed by atoms with E-state index in [-0.39, 0.29) is 47.3 Å². The van der Waals surface area contributed by atoms with E-state index in [1.54, 1.807) is 13.8 Å². The second kappa shape index (κ2) is 10.4. The third-order valence-electron chi connectivity index (χ3n) is 9.75. The molecule has 0 aliphatic carbocycles. The Hall–Kier alpha value is -0.0200. The third kappa shape index (κ3) is 6.34. The molecule has 0 aromatic rings. The second-order valence-electron chi connectivity index (χ2n) is 14.0. The van der Waals surface area contributed by atoms with Crippen LogP contribution in [0, 0.1) is 0 Å². The van der Waals surface area contributed by atoms with Gasteiger partial charge in [-0.25, -0.2) is 0 Å². The molecule has 37 heavy (non-hydrogen) atoms. The molecule has 0 radical (unpaired) electrons. The van der Waals surface area contributed by atoms with Crippen LogP contribution >= 0.6 is 15.9 Å². The van der Waals surface area contributed by atoms with Crippen LogP contribution in [0.3, 0.4) is 0 Å². The van der Waals surface area contributed by atoms with Crippen LogP contribution in [-0.4, -0.2) is 73.6 Å². The van der Waals surface area contributed by atoms with Gasteiger partial charge in [0.05, 0.1) is 58.5 Å². The molecule has 4 fully saturated rings. The Morgan fingerprint density at radius 2 is 1.57 bits per heavy atom. The largest absolute Gasteiger partial charge is 0.388 e. The van der Waals surface area contributed by atoms with Gasteiger partial charge in [-0.15, -0.1) is 0 Å². The van der Waals surface area contributed by atoms with Crippen LogP contribution in [-0.2, 0) is 18.9 Å². The van der Waals surface area contributed by atoms with E-state index in [1.165, 1.54) is 0 Å². The summed E-state index contributed by atoms with van der Waals surface area (Å²) in [6.07, 6.45) is 7.91. The van der Waals surface area contributed by atoms with E-state index < -0.39 is 11.2 Å². The molecular formula is C30H51BrO6. The summed E-state index contributed by atoms with van der Waals surface area (Å²) < 4.78 is 26.3. The van der Waals surface area contributed by atoms with Crippen molar-refractivity contribution in [1.29, 1.82) is 0 Å². The Morgan fingerprint density at radius 1 is 0.919 bits per heavy atom. The second-order valence-corrected chi connectivity index (χ2v) is 15.1. The number of hydrogen-bond acceptors (Lipinski definition) is 6. The van der Waals surface area contributed by atoms with Crippen LogP contribution in [0.2, 0.25) is 0 Å². The van der Waals surface area contributed by atoms with Crippen LogP contribution in [0.15, 0.2) is 12.2 Å². The quantitative estimate of drug-likeness (QED) is 0.294. The van der Waals surface area contributed by atoms with E-state index in [0.29, 0.717) is 24.1 Å². The van der Waals surface area contributed by atoms with E-state index in [2.05, 4.69) is 50.2 Å². The molecule has 0 spiro atoms. The van der Waals surface area contributed by atoms with Gasteiger partial charge in [0.2, 0.25) is 0 Å². The lowest BCUT2D eigenvalue weighted by atomic mass is 9.76. The molecule has 6 nitrogen and oxygen atoms in total. The van der Waals surface area contributed by atoms with E-state index in [0.717, 1.165) is 50.5 Å². The first-order valence-electron chi connectivity index (χ1n) is 14.4. The molecule has 4 saturated heterocycles. The standard InChI is InChI=1S/C30H51BrO6/c1-19(9-11-23-28(6,33)16-14-22(34-23)26(2,3)32)20-10-12-24-29(7,36-20)18-15-25(35-24)30(8)17-13-21(31)27(4,5)37-30/h20-25,32-33H,1,9-18H2,2-8H3/t20-,21?,22-,23-,24-,25-,28+,29+,30+/m1/s1. The molecule has 4 rings (SSSR count). The molecule has 214 valence electrons. The Kier molecular flexibility index (Phi) is 8.44. The predicted octanol–water partition coefficient (Wildman–Crippen LogP) is 5.99. The van der Waals surface area contributed by atoms with Crippen LogP contribution < -0.4 is 0 Å². The maximum Gasteiger partial charge on any atom is 0.0924 e. The van der Waals surface area contributed by atoms with E-state index in [4.69, 9.17) is 18.9 Å². The summed E-state index contributed by atoms with van der Waals surface area (Å²) >= 11 is 3.80. The zero-order valence-corrected chi connectivity index (χ0v) is 25.7. The summed E-state index contributed by atoms with van der Waals surface area (Å²) in [6, 6.07) is 0. The first-order chi connectivity index (χ1) is 17.0. The summed E-state index contributed by atoms with van der Waals surface area (Å²) in [5, 5.41) is 21.4. The van der Waals surface area contributed by atoms with E-state index in [9.17, 15) is 10.2 Å². The van der Waals surface area contributed by atoms with Crippen molar-refractivity contribution < 1.29 is 29.2 Å². The van der Waals surface area contributed by atoms with Crippen molar-refractivity contribution in [3.05, 3.63) is 12.2 Å². The Morgan fingerprint density at radius 3 is 2.22 bits per heavy atom. The molecule has 4 aliphatic heterocycles. The highest BCUT2D eigenvalue weighted by Gasteiger charge is 2.54. The predicted molar refractivity (Wildman–Crippen MR) is 149 cm³/mol. The highest BCUT2D eigenvalue weighted by atomic mass is 79.9. The van der Waals surface area contributed by atoms with Gasteiger partial charge in [0.15, 0.2) is 0 Å². The maximum absolute atomic E-state index is 10.9. The van der Waals surface area contributed by atoms with Crippen LogP contribution in [0.5, 0.6) is 0 Å². The minimum atomic E-state index is -0.925. The highest BCUT2D eigenvalue weighted by molar-refractivity contribution is 9.09. The van der Waals surface area contributed by atoms with Gasteiger partial charge in [-0.1, -0.05) is 22.5 Å². The molecule has 4 aliphatic rings. The topological polar surface area (TPSA) is 77.4 Å². The average Bonchev–Trinajstić information content (AvgIpc) is 2.78. The molecule has 1 unspecified atom stereocenters. The summed E-state index contributed by atoms with van der Waals surface area (Å²) in [4.78, 5) is 0.357. The number of alkyl halides is 1. The highest BCUT2D eigenvalue weighted by Crippen LogP contribution is 2.48. The van der Waals surface area contributed by atoms with Gasteiger partial charge in [-0.2, -0.15) is 0 Å². The molecule has 7 heteroatoms. The van der Waals surface area contributed by atoms with Crippen LogP contribution in [0.1, 0.15) is 113 Å². The lowest BCUT2D eigenvalue weighted by molar-refractivity contribution is -0.285. The lowest BCUT2D eigenvalue weighted by Gasteiger charge is -2.55. The normalized spacial score (nSPS) is 46.8. The average molecular weight is 588 g/mol. The third-order valence-corrected chi connectivity index (χ3v) is 11.3. The van der Waals surface area contributed by atoms with E-state index >= 15 is 0 Å². The fraction of sp³-hybridized carbons (Fsp3) is 0.933. The molecule has 0 bridgehead atoms. The number of hydrogen-bond donors (Lipinski definition) is 2. The molecule has 4 heterocycles. The SMILES string of the molecule is C=C(CC[C@H]1O[C@@H](C(C)(C)O)CC[C@]1(C)O)[C@H]1CC[C@H]2O[C@@H]([C@]3(C)CCC(Br)C(C)(C)O3)CC[C@]2(C)O1. The van der Waals surface area contributed by atoms with E-state index in [1.807, 2.05) is 6.92 Å². The number of halogens is 1. The minimum Gasteiger partial charge on any atom is -0.388 e. The van der Waals surface area contributed by atoms with Gasteiger partial charge in [0, 0.05) is 4.83 Å². The molecule has 0 aromatic carbocycles. The van der Waals surface area contributed by atoms with Gasteiger partial charge in [-0.3, -0.25) is 0 Å². The smallest absolute Gasteiger partial charge is 0.0924 e. The van der Waals surface area contributed by atoms with Gasteiger partial charge in [0.1, 0.15) is 0 Å². The van der Waals surface area contributed by atoms with Crippen molar-refractivity contribution in [1.82, 2.24) is 0 Å². The molecule has 0 amide bonds. The van der Waals surface area contributed by atoms with Gasteiger partial charge >= 0.3 is 0 Å². The fourth-order valence-electron chi connectivity index (χ4n) is 7.00. The van der Waals surface area contributed by atoms with Gasteiger partial charge < -0.3 is 29.2 Å². The minimum absolute atomic E-state index is 0.0189. The monoisotopic (exact) mass is 586 g/mol. The van der Waals surface area contributed by atoms with Crippen molar-refractivity contribution in [2.24, 2.45) is 0 Å². The first-order valence-corrected chi connectivity index (χ1v) is 15.3. The zero-order valence-electron chi connectivity index (χ0n) is 24.1. The fourth-order valence-corrected chi connectivity index (χ4v) is 7.32. The van der Waals surface area contributed by atoms with Crippen LogP contribution in [0.4, 0.5) is 0 Å². The van der Waals surface area contributed by atoms with Crippen molar-refractivity contribution in [2.45, 2.75) is 176 Å². The number of ether oxygens (including phenoxy) is 4. The zero-order chi connectivity index (χ0) is 27.4. The maximum atomic E-state index is 10.9. The molecule has 9 atom stereocenters.